The molecule has 10 heavy (non-hydrogen) atoms. The van der Waals surface area contributed by atoms with E-state index in [1.807, 2.05) is 0 Å². The van der Waals surface area contributed by atoms with Gasteiger partial charge in [0, 0.05) is 0 Å². The second kappa shape index (κ2) is 17.0. The van der Waals surface area contributed by atoms with Crippen molar-refractivity contribution in [3.63, 3.8) is 0 Å². The molecular weight excluding hydrogens is 334 g/mol. The van der Waals surface area contributed by atoms with Crippen LogP contribution < -0.4 is 16.8 Å². The molecular formula is FeMgO6Se2. The van der Waals surface area contributed by atoms with Gasteiger partial charge in [-0.2, -0.15) is 0 Å². The van der Waals surface area contributed by atoms with E-state index in [-0.39, 0.29) is 40.1 Å². The summed E-state index contributed by atoms with van der Waals surface area (Å²) in [5.41, 5.74) is 0. The third-order valence-electron chi connectivity index (χ3n) is 0. The van der Waals surface area contributed by atoms with E-state index in [4.69, 9.17) is 24.4 Å². The largest absolute Gasteiger partial charge is 2.00 e. The number of rotatable bonds is 0. The first kappa shape index (κ1) is 22.6. The van der Waals surface area contributed by atoms with Gasteiger partial charge in [-0.15, -0.1) is 0 Å². The first-order chi connectivity index (χ1) is 3.46. The van der Waals surface area contributed by atoms with Crippen molar-refractivity contribution in [2.24, 2.45) is 0 Å². The molecule has 0 atom stereocenters. The van der Waals surface area contributed by atoms with Gasteiger partial charge >= 0.3 is 93.5 Å². The zero-order valence-corrected chi connectivity index (χ0v) is 10.3. The van der Waals surface area contributed by atoms with Gasteiger partial charge < -0.3 is 0 Å². The molecule has 58 valence electrons. The normalized spacial score (nSPS) is 7.00. The van der Waals surface area contributed by atoms with E-state index >= 15 is 0 Å². The quantitative estimate of drug-likeness (QED) is 0.406. The fraction of sp³-hybridized carbons (Fsp3) is 0. The van der Waals surface area contributed by atoms with Crippen molar-refractivity contribution in [2.45, 2.75) is 0 Å². The first-order valence-electron chi connectivity index (χ1n) is 1.00. The van der Waals surface area contributed by atoms with Crippen molar-refractivity contribution in [3.8, 4) is 0 Å². The summed E-state index contributed by atoms with van der Waals surface area (Å²) < 4.78 is 51.2. The van der Waals surface area contributed by atoms with Crippen LogP contribution in [0.5, 0.6) is 0 Å². The molecule has 0 saturated carbocycles. The van der Waals surface area contributed by atoms with E-state index in [0.29, 0.717) is 0 Å². The summed E-state index contributed by atoms with van der Waals surface area (Å²) in [6.45, 7) is 0. The predicted octanol–water partition coefficient (Wildman–Crippen LogP) is -6.14. The van der Waals surface area contributed by atoms with E-state index in [1.54, 1.807) is 0 Å². The average molecular weight is 334 g/mol. The summed E-state index contributed by atoms with van der Waals surface area (Å²) in [6, 6.07) is 0. The molecule has 0 N–H and O–H groups in total. The van der Waals surface area contributed by atoms with Gasteiger partial charge in [0.1, 0.15) is 0 Å². The summed E-state index contributed by atoms with van der Waals surface area (Å²) in [5, 5.41) is 0. The molecule has 10 heteroatoms. The average Bonchev–Trinajstić information content (AvgIpc) is 1.25. The molecule has 0 aliphatic rings. The molecule has 0 aliphatic heterocycles. The molecule has 0 aliphatic carbocycles. The summed E-state index contributed by atoms with van der Waals surface area (Å²) in [6.07, 6.45) is 0. The van der Waals surface area contributed by atoms with Crippen molar-refractivity contribution < 1.29 is 41.5 Å². The van der Waals surface area contributed by atoms with Crippen LogP contribution in [0.2, 0.25) is 0 Å². The molecule has 0 bridgehead atoms. The standard InChI is InChI=1S/Fe.Mg.2H2O3Se/c;;2*1-4(2)3/h;;2*(H2,1,2,3)/q2*+2;;/p-4. The maximum Gasteiger partial charge on any atom is 2.00 e. The van der Waals surface area contributed by atoms with E-state index in [9.17, 15) is 0 Å². The maximum atomic E-state index is 8.54. The van der Waals surface area contributed by atoms with E-state index in [1.165, 1.54) is 0 Å². The minimum absolute atomic E-state index is 0. The van der Waals surface area contributed by atoms with Crippen LogP contribution in [-0.2, 0) is 24.7 Å². The Morgan fingerprint density at radius 2 is 0.800 bits per heavy atom. The number of hydrogen-bond donors (Lipinski definition) is 0. The molecule has 6 nitrogen and oxygen atoms in total. The van der Waals surface area contributed by atoms with E-state index in [2.05, 4.69) is 0 Å². The van der Waals surface area contributed by atoms with Crippen LogP contribution in [0.15, 0.2) is 0 Å². The Bertz CT molecular complexity index is 73.7. The zero-order chi connectivity index (χ0) is 7.15. The maximum absolute atomic E-state index is 8.54. The Labute approximate surface area is 92.7 Å². The van der Waals surface area contributed by atoms with Crippen molar-refractivity contribution in [2.75, 3.05) is 0 Å². The van der Waals surface area contributed by atoms with Gasteiger partial charge in [-0.25, -0.2) is 0 Å². The predicted molar refractivity (Wildman–Crippen MR) is 18.6 cm³/mol. The van der Waals surface area contributed by atoms with E-state index in [0.717, 1.165) is 0 Å². The molecule has 0 heterocycles. The molecule has 0 amide bonds. The number of hydrogen-bond acceptors (Lipinski definition) is 6. The third kappa shape index (κ3) is 241. The van der Waals surface area contributed by atoms with Gasteiger partial charge in [-0.3, -0.25) is 0 Å². The Hall–Kier alpha value is 1.76. The summed E-state index contributed by atoms with van der Waals surface area (Å²) >= 11 is -7.58. The second-order valence-corrected chi connectivity index (χ2v) is 2.12. The van der Waals surface area contributed by atoms with Gasteiger partial charge in [0.25, 0.3) is 0 Å². The van der Waals surface area contributed by atoms with Crippen LogP contribution in [-0.4, -0.2) is 52.0 Å². The molecule has 0 radical (unpaired) electrons. The smallest absolute Gasteiger partial charge is 2.00 e. The summed E-state index contributed by atoms with van der Waals surface area (Å²) in [4.78, 5) is 0. The molecule has 0 aromatic carbocycles. The van der Waals surface area contributed by atoms with Crippen LogP contribution in [0, 0.1) is 0 Å². The van der Waals surface area contributed by atoms with Crippen LogP contribution in [0.25, 0.3) is 0 Å². The fourth-order valence-electron chi connectivity index (χ4n) is 0. The Kier molecular flexibility index (Phi) is 38.5. The van der Waals surface area contributed by atoms with Crippen LogP contribution >= 0.6 is 0 Å². The minimum Gasteiger partial charge on any atom is 2.00 e. The minimum atomic E-state index is -3.79. The van der Waals surface area contributed by atoms with Gasteiger partial charge in [-0.05, 0) is 0 Å². The SMILES string of the molecule is O=[Se]([O-])[O-].O=[Se]([O-])[O-].[Fe+2].[Mg+2]. The summed E-state index contributed by atoms with van der Waals surface area (Å²) in [5.74, 6) is 0. The first-order valence-corrected chi connectivity index (χ1v) is 5.20. The van der Waals surface area contributed by atoms with Crippen molar-refractivity contribution in [1.29, 1.82) is 0 Å². The van der Waals surface area contributed by atoms with Crippen LogP contribution in [0.4, 0.5) is 0 Å². The third-order valence-corrected chi connectivity index (χ3v) is 0. The van der Waals surface area contributed by atoms with Crippen molar-refractivity contribution in [3.05, 3.63) is 0 Å². The second-order valence-electron chi connectivity index (χ2n) is 0.408. The Morgan fingerprint density at radius 1 is 0.800 bits per heavy atom. The topological polar surface area (TPSA) is 126 Å². The van der Waals surface area contributed by atoms with E-state index < -0.39 is 29.0 Å². The molecule has 0 aromatic heterocycles. The molecule has 0 saturated heterocycles. The fourth-order valence-corrected chi connectivity index (χ4v) is 0. The van der Waals surface area contributed by atoms with Crippen molar-refractivity contribution >= 4 is 52.0 Å². The van der Waals surface area contributed by atoms with Gasteiger partial charge in [0.05, 0.1) is 0 Å². The monoisotopic (exact) mass is 336 g/mol. The van der Waals surface area contributed by atoms with Crippen LogP contribution in [0.3, 0.4) is 0 Å². The Balaban J connectivity index is -0.0000000300. The van der Waals surface area contributed by atoms with Gasteiger partial charge in [0.15, 0.2) is 0 Å². The van der Waals surface area contributed by atoms with Crippen LogP contribution in [0.1, 0.15) is 0 Å². The molecule has 0 unspecified atom stereocenters. The van der Waals surface area contributed by atoms with Crippen molar-refractivity contribution in [1.82, 2.24) is 0 Å². The molecule has 0 fully saturated rings. The molecule has 0 spiro atoms. The Morgan fingerprint density at radius 3 is 0.800 bits per heavy atom. The van der Waals surface area contributed by atoms with Gasteiger partial charge in [-0.1, -0.05) is 0 Å². The zero-order valence-electron chi connectivity index (χ0n) is 4.33. The molecule has 0 aromatic rings. The molecule has 0 rings (SSSR count). The summed E-state index contributed by atoms with van der Waals surface area (Å²) in [7, 11) is 0. The van der Waals surface area contributed by atoms with Gasteiger partial charge in [0.2, 0.25) is 0 Å².